The average Bonchev–Trinajstić information content (AvgIpc) is 3.48. The summed E-state index contributed by atoms with van der Waals surface area (Å²) in [6.07, 6.45) is 4.65. The van der Waals surface area contributed by atoms with Crippen LogP contribution in [0.25, 0.3) is 0 Å². The molecule has 1 aromatic rings. The number of amides is 7. The van der Waals surface area contributed by atoms with Crippen LogP contribution in [-0.4, -0.2) is 95.0 Å². The van der Waals surface area contributed by atoms with E-state index in [1.54, 1.807) is 45.0 Å². The van der Waals surface area contributed by atoms with Crippen molar-refractivity contribution in [3.63, 3.8) is 0 Å². The largest absolute Gasteiger partial charge is 0.346 e. The van der Waals surface area contributed by atoms with Gasteiger partial charge in [-0.3, -0.25) is 33.7 Å². The van der Waals surface area contributed by atoms with Crippen molar-refractivity contribution >= 4 is 41.4 Å². The minimum absolute atomic E-state index is 0.0692. The molecule has 2 aliphatic heterocycles. The molecule has 0 aliphatic carbocycles. The lowest BCUT2D eigenvalue weighted by Crippen LogP contribution is -2.62. The first-order valence-corrected chi connectivity index (χ1v) is 18.4. The summed E-state index contributed by atoms with van der Waals surface area (Å²) in [5.74, 6) is -3.83. The number of hydrogen-bond acceptors (Lipinski definition) is 7. The molecular weight excluding hydrogens is 676 g/mol. The van der Waals surface area contributed by atoms with E-state index in [0.717, 1.165) is 5.57 Å². The number of nitrogens with one attached hydrogen (secondary N) is 4. The van der Waals surface area contributed by atoms with E-state index in [2.05, 4.69) is 27.8 Å². The van der Waals surface area contributed by atoms with Gasteiger partial charge >= 0.3 is 6.03 Å². The highest BCUT2D eigenvalue weighted by molar-refractivity contribution is 6.38. The summed E-state index contributed by atoms with van der Waals surface area (Å²) in [7, 11) is 0. The number of ketones is 1. The third-order valence-electron chi connectivity index (χ3n) is 9.62. The highest BCUT2D eigenvalue weighted by Gasteiger charge is 2.47. The summed E-state index contributed by atoms with van der Waals surface area (Å²) in [6, 6.07) is 2.42. The number of Topliss-reactive ketones (excluding diaryl/α,β-unsaturated/α-hetero) is 1. The van der Waals surface area contributed by atoms with Gasteiger partial charge in [0.05, 0.1) is 18.5 Å². The Kier molecular flexibility index (Phi) is 14.3. The van der Waals surface area contributed by atoms with Crippen molar-refractivity contribution in [2.24, 2.45) is 16.7 Å². The maximum absolute atomic E-state index is 14.5. The lowest BCUT2D eigenvalue weighted by molar-refractivity contribution is -0.144. The number of benzene rings is 1. The molecule has 1 unspecified atom stereocenters. The Balaban J connectivity index is 1.86. The zero-order valence-electron chi connectivity index (χ0n) is 32.8. The Morgan fingerprint density at radius 2 is 1.62 bits per heavy atom. The Bertz CT molecular complexity index is 1620. The molecule has 0 saturated carbocycles. The molecule has 0 bridgehead atoms. The molecule has 13 nitrogen and oxygen atoms in total. The summed E-state index contributed by atoms with van der Waals surface area (Å²) >= 11 is 0. The van der Waals surface area contributed by atoms with Crippen LogP contribution in [0, 0.1) is 16.7 Å². The molecule has 0 spiro atoms. The van der Waals surface area contributed by atoms with Crippen LogP contribution in [0.2, 0.25) is 0 Å². The molecule has 290 valence electrons. The van der Waals surface area contributed by atoms with E-state index in [9.17, 15) is 33.6 Å². The van der Waals surface area contributed by atoms with E-state index in [1.807, 2.05) is 47.6 Å². The lowest BCUT2D eigenvalue weighted by Gasteiger charge is -2.39. The molecule has 7 amide bonds. The molecule has 5 atom stereocenters. The number of carbonyl (C=O) groups excluding carboxylic acids is 7. The topological polar surface area (TPSA) is 174 Å². The van der Waals surface area contributed by atoms with Gasteiger partial charge in [-0.15, -0.1) is 6.58 Å². The Morgan fingerprint density at radius 1 is 0.962 bits per heavy atom. The molecule has 3 rings (SSSR count). The van der Waals surface area contributed by atoms with Gasteiger partial charge in [0, 0.05) is 31.1 Å². The fourth-order valence-corrected chi connectivity index (χ4v) is 6.68. The van der Waals surface area contributed by atoms with Gasteiger partial charge in [-0.25, -0.2) is 4.79 Å². The molecule has 0 aromatic heterocycles. The molecule has 4 N–H and O–H groups in total. The fraction of sp³-hybridized carbons (Fsp3) is 0.575. The van der Waals surface area contributed by atoms with Crippen LogP contribution < -0.4 is 21.3 Å². The van der Waals surface area contributed by atoms with Crippen LogP contribution in [0.5, 0.6) is 0 Å². The molecule has 2 heterocycles. The number of fused-ring (bicyclic) bond motifs is 1. The van der Waals surface area contributed by atoms with Crippen LogP contribution in [0.15, 0.2) is 48.6 Å². The van der Waals surface area contributed by atoms with Gasteiger partial charge in [0.2, 0.25) is 23.5 Å². The first kappa shape index (κ1) is 42.6. The molecule has 1 aromatic carbocycles. The zero-order chi connectivity index (χ0) is 39.8. The summed E-state index contributed by atoms with van der Waals surface area (Å²) in [5.41, 5.74) is 0.638. The molecule has 1 saturated heterocycles. The van der Waals surface area contributed by atoms with Crippen LogP contribution in [0.4, 0.5) is 4.79 Å². The van der Waals surface area contributed by atoms with Crippen LogP contribution in [0.3, 0.4) is 0 Å². The summed E-state index contributed by atoms with van der Waals surface area (Å²) in [4.78, 5) is 97.0. The van der Waals surface area contributed by atoms with E-state index >= 15 is 0 Å². The van der Waals surface area contributed by atoms with Crippen LogP contribution in [-0.2, 0) is 30.4 Å². The molecule has 13 heteroatoms. The quantitative estimate of drug-likeness (QED) is 0.128. The predicted octanol–water partition coefficient (Wildman–Crippen LogP) is 3.68. The number of rotatable bonds is 14. The third kappa shape index (κ3) is 10.9. The molecule has 1 fully saturated rings. The van der Waals surface area contributed by atoms with Crippen molar-refractivity contribution in [1.82, 2.24) is 31.1 Å². The number of urea groups is 1. The van der Waals surface area contributed by atoms with Crippen molar-refractivity contribution in [3.05, 3.63) is 59.7 Å². The van der Waals surface area contributed by atoms with E-state index in [1.165, 1.54) is 15.9 Å². The second-order valence-corrected chi connectivity index (χ2v) is 16.4. The number of hydrogen-bond donors (Lipinski definition) is 4. The summed E-state index contributed by atoms with van der Waals surface area (Å²) < 4.78 is 0. The SMILES string of the molecule is C=CCNC(=O)C(=O)C(CCC)NC(=O)[C@@H]1[C@@H](C=C(C)C)CCN1C(=O)[C@@H](NC(=O)N[C@H](CN1C(=O)Cc2ccccc2C1=O)C(C)(C)C)C(C)(C)C. The smallest absolute Gasteiger partial charge is 0.315 e. The third-order valence-corrected chi connectivity index (χ3v) is 9.62. The molecule has 53 heavy (non-hydrogen) atoms. The van der Waals surface area contributed by atoms with Crippen LogP contribution >= 0.6 is 0 Å². The fourth-order valence-electron chi connectivity index (χ4n) is 6.68. The molecular formula is C40H58N6O7. The second-order valence-electron chi connectivity index (χ2n) is 16.4. The van der Waals surface area contributed by atoms with Gasteiger partial charge in [-0.2, -0.15) is 0 Å². The Labute approximate surface area is 313 Å². The first-order chi connectivity index (χ1) is 24.7. The van der Waals surface area contributed by atoms with Crippen LogP contribution in [0.1, 0.15) is 97.5 Å². The van der Waals surface area contributed by atoms with Gasteiger partial charge in [0.15, 0.2) is 0 Å². The first-order valence-electron chi connectivity index (χ1n) is 18.4. The summed E-state index contributed by atoms with van der Waals surface area (Å²) in [5, 5.41) is 11.0. The van der Waals surface area contributed by atoms with Gasteiger partial charge in [-0.05, 0) is 49.1 Å². The van der Waals surface area contributed by atoms with Gasteiger partial charge in [-0.1, -0.05) is 90.8 Å². The van der Waals surface area contributed by atoms with Gasteiger partial charge in [0.25, 0.3) is 11.8 Å². The minimum atomic E-state index is -1.09. The molecule has 0 radical (unpaired) electrons. The van der Waals surface area contributed by atoms with Crippen molar-refractivity contribution in [2.45, 2.75) is 112 Å². The normalized spacial score (nSPS) is 19.0. The number of carbonyl (C=O) groups is 7. The minimum Gasteiger partial charge on any atom is -0.346 e. The number of allylic oxidation sites excluding steroid dienone is 1. The average molecular weight is 735 g/mol. The number of nitrogens with zero attached hydrogens (tertiary/aromatic N) is 2. The van der Waals surface area contributed by atoms with Gasteiger partial charge < -0.3 is 26.2 Å². The summed E-state index contributed by atoms with van der Waals surface area (Å²) in [6.45, 7) is 20.5. The zero-order valence-corrected chi connectivity index (χ0v) is 32.8. The lowest BCUT2D eigenvalue weighted by atomic mass is 9.84. The maximum Gasteiger partial charge on any atom is 0.315 e. The van der Waals surface area contributed by atoms with Crippen molar-refractivity contribution in [3.8, 4) is 0 Å². The predicted molar refractivity (Wildman–Crippen MR) is 202 cm³/mol. The van der Waals surface area contributed by atoms with E-state index in [4.69, 9.17) is 0 Å². The van der Waals surface area contributed by atoms with Crippen molar-refractivity contribution in [1.29, 1.82) is 0 Å². The van der Waals surface area contributed by atoms with E-state index < -0.39 is 70.4 Å². The van der Waals surface area contributed by atoms with Gasteiger partial charge in [0.1, 0.15) is 12.1 Å². The van der Waals surface area contributed by atoms with E-state index in [0.29, 0.717) is 24.0 Å². The number of imide groups is 1. The monoisotopic (exact) mass is 734 g/mol. The number of likely N-dealkylation sites (tertiary alicyclic amines) is 1. The van der Waals surface area contributed by atoms with Crippen molar-refractivity contribution < 1.29 is 33.6 Å². The Hall–Kier alpha value is -4.81. The van der Waals surface area contributed by atoms with Crippen molar-refractivity contribution in [2.75, 3.05) is 19.6 Å². The molecule has 2 aliphatic rings. The Morgan fingerprint density at radius 3 is 2.21 bits per heavy atom. The highest BCUT2D eigenvalue weighted by Crippen LogP contribution is 2.31. The standard InChI is InChI=1S/C40H58N6O7/c1-11-15-28(32(48)35(50)41-19-12-2)42-34(49)31-26(21-24(3)4)18-20-45(31)37(52)33(40(8,9)10)44-38(53)43-29(39(5,6)7)23-46-30(47)22-25-16-13-14-17-27(25)36(46)51/h12-14,16-17,21,26,28-29,31,33H,2,11,15,18-20,22-23H2,1,3-10H3,(H,41,50)(H,42,49)(H2,43,44,53)/t26-,28?,29-,31+,33-/m1/s1. The highest BCUT2D eigenvalue weighted by atomic mass is 16.2. The second kappa shape index (κ2) is 17.8. The maximum atomic E-state index is 14.5. The van der Waals surface area contributed by atoms with E-state index in [-0.39, 0.29) is 44.3 Å².